The van der Waals surface area contributed by atoms with Crippen molar-refractivity contribution in [2.24, 2.45) is 0 Å². The molecule has 1 aromatic heterocycles. The number of H-pyrrole nitrogens is 1. The van der Waals surface area contributed by atoms with Gasteiger partial charge in [0.25, 0.3) is 0 Å². The smallest absolute Gasteiger partial charge is 0.417 e. The van der Waals surface area contributed by atoms with Gasteiger partial charge in [-0.15, -0.1) is 0 Å². The minimum absolute atomic E-state index is 0.0861. The number of hydrogen-bond acceptors (Lipinski definition) is 2. The number of rotatable bonds is 6. The van der Waals surface area contributed by atoms with E-state index in [1.54, 1.807) is 12.1 Å². The summed E-state index contributed by atoms with van der Waals surface area (Å²) < 4.78 is 68.3. The van der Waals surface area contributed by atoms with Crippen LogP contribution in [0.15, 0.2) is 42.5 Å². The van der Waals surface area contributed by atoms with Gasteiger partial charge in [-0.25, -0.2) is 8.78 Å². The first-order chi connectivity index (χ1) is 13.9. The summed E-state index contributed by atoms with van der Waals surface area (Å²) in [5, 5.41) is 21.3. The Balaban J connectivity index is 1.99. The van der Waals surface area contributed by atoms with E-state index in [2.05, 4.69) is 4.98 Å². The van der Waals surface area contributed by atoms with Crippen LogP contribution in [-0.4, -0.2) is 27.0 Å². The van der Waals surface area contributed by atoms with E-state index in [-0.39, 0.29) is 11.3 Å². The second-order valence-electron chi connectivity index (χ2n) is 8.24. The van der Waals surface area contributed by atoms with Gasteiger partial charge < -0.3 is 15.2 Å². The van der Waals surface area contributed by atoms with Crippen LogP contribution in [0.5, 0.6) is 5.75 Å². The van der Waals surface area contributed by atoms with E-state index >= 15 is 0 Å². The SMILES string of the molecule is CC(C)(CC(O)(Cc1cc2cccc(CF)c2[nH]1)C(F)(F)F)c1ccc(F)cc1O. The molecule has 0 aliphatic carbocycles. The van der Waals surface area contributed by atoms with Crippen molar-refractivity contribution in [1.82, 2.24) is 4.98 Å². The molecule has 3 N–H and O–H groups in total. The molecule has 1 heterocycles. The topological polar surface area (TPSA) is 56.2 Å². The van der Waals surface area contributed by atoms with Crippen molar-refractivity contribution in [2.75, 3.05) is 0 Å². The molecule has 3 rings (SSSR count). The fourth-order valence-electron chi connectivity index (χ4n) is 3.97. The average molecular weight is 427 g/mol. The summed E-state index contributed by atoms with van der Waals surface area (Å²) in [5.74, 6) is -1.21. The standard InChI is InChI=1S/C22H22F5NO2/c1-20(2,17-7-6-15(24)9-18(17)29)12-21(30,22(25,26)27)10-16-8-13-4-3-5-14(11-23)19(13)28-16/h3-9,28-30H,10-12H2,1-2H3. The zero-order valence-corrected chi connectivity index (χ0v) is 16.4. The quantitative estimate of drug-likeness (QED) is 0.443. The van der Waals surface area contributed by atoms with Crippen LogP contribution < -0.4 is 0 Å². The Labute approximate surface area is 170 Å². The molecule has 1 unspecified atom stereocenters. The first-order valence-corrected chi connectivity index (χ1v) is 9.30. The Morgan fingerprint density at radius 1 is 1.03 bits per heavy atom. The van der Waals surface area contributed by atoms with Crippen molar-refractivity contribution in [1.29, 1.82) is 0 Å². The summed E-state index contributed by atoms with van der Waals surface area (Å²) >= 11 is 0. The lowest BCUT2D eigenvalue weighted by atomic mass is 9.73. The lowest BCUT2D eigenvalue weighted by molar-refractivity contribution is -0.266. The molecule has 0 bridgehead atoms. The number of aromatic amines is 1. The Kier molecular flexibility index (Phi) is 5.58. The van der Waals surface area contributed by atoms with Crippen LogP contribution in [0.3, 0.4) is 0 Å². The fraction of sp³-hybridized carbons (Fsp3) is 0.364. The average Bonchev–Trinajstić information content (AvgIpc) is 3.01. The maximum absolute atomic E-state index is 14.0. The first-order valence-electron chi connectivity index (χ1n) is 9.30. The number of alkyl halides is 4. The molecule has 0 aliphatic rings. The number of aromatic hydroxyl groups is 1. The number of halogens is 5. The molecule has 0 amide bonds. The van der Waals surface area contributed by atoms with Gasteiger partial charge in [-0.1, -0.05) is 38.1 Å². The van der Waals surface area contributed by atoms with Gasteiger partial charge in [0.05, 0.1) is 5.52 Å². The molecular weight excluding hydrogens is 405 g/mol. The molecule has 30 heavy (non-hydrogen) atoms. The number of phenols is 1. The minimum atomic E-state index is -4.99. The summed E-state index contributed by atoms with van der Waals surface area (Å²) in [6.45, 7) is 2.09. The van der Waals surface area contributed by atoms with E-state index in [4.69, 9.17) is 0 Å². The number of hydrogen-bond donors (Lipinski definition) is 3. The number of fused-ring (bicyclic) bond motifs is 1. The molecule has 8 heteroatoms. The van der Waals surface area contributed by atoms with Crippen molar-refractivity contribution < 1.29 is 32.2 Å². The van der Waals surface area contributed by atoms with Crippen molar-refractivity contribution >= 4 is 10.9 Å². The lowest BCUT2D eigenvalue weighted by Crippen LogP contribution is -2.50. The van der Waals surface area contributed by atoms with E-state index in [1.807, 2.05) is 0 Å². The Hall–Kier alpha value is -2.61. The number of aliphatic hydroxyl groups is 1. The van der Waals surface area contributed by atoms with Gasteiger partial charge in [-0.05, 0) is 29.5 Å². The second kappa shape index (κ2) is 7.58. The zero-order chi connectivity index (χ0) is 22.3. The van der Waals surface area contributed by atoms with Crippen molar-refractivity contribution in [2.45, 2.75) is 50.6 Å². The summed E-state index contributed by atoms with van der Waals surface area (Å²) in [6.07, 6.45) is -6.56. The highest BCUT2D eigenvalue weighted by Gasteiger charge is 2.56. The molecule has 3 nitrogen and oxygen atoms in total. The Morgan fingerprint density at radius 3 is 2.33 bits per heavy atom. The highest BCUT2D eigenvalue weighted by atomic mass is 19.4. The van der Waals surface area contributed by atoms with Crippen LogP contribution in [0.4, 0.5) is 22.0 Å². The monoisotopic (exact) mass is 427 g/mol. The van der Waals surface area contributed by atoms with Crippen LogP contribution in [-0.2, 0) is 18.5 Å². The molecule has 0 saturated carbocycles. The fourth-order valence-corrected chi connectivity index (χ4v) is 3.97. The normalized spacial score (nSPS) is 14.8. The molecule has 0 spiro atoms. The van der Waals surface area contributed by atoms with Crippen LogP contribution in [0.1, 0.15) is 37.1 Å². The van der Waals surface area contributed by atoms with Gasteiger partial charge in [0.2, 0.25) is 0 Å². The molecule has 0 aliphatic heterocycles. The largest absolute Gasteiger partial charge is 0.508 e. The maximum atomic E-state index is 14.0. The predicted octanol–water partition coefficient (Wildman–Crippen LogP) is 5.69. The molecule has 1 atom stereocenters. The van der Waals surface area contributed by atoms with Gasteiger partial charge in [-0.3, -0.25) is 0 Å². The van der Waals surface area contributed by atoms with Gasteiger partial charge in [-0.2, -0.15) is 13.2 Å². The lowest BCUT2D eigenvalue weighted by Gasteiger charge is -2.38. The summed E-state index contributed by atoms with van der Waals surface area (Å²) in [6, 6.07) is 9.29. The molecular formula is C22H22F5NO2. The number of nitrogens with one attached hydrogen (secondary N) is 1. The molecule has 0 fully saturated rings. The number of phenolic OH excluding ortho intramolecular Hbond substituents is 1. The molecule has 162 valence electrons. The van der Waals surface area contributed by atoms with Gasteiger partial charge in [0, 0.05) is 29.1 Å². The van der Waals surface area contributed by atoms with E-state index in [0.717, 1.165) is 12.1 Å². The summed E-state index contributed by atoms with van der Waals surface area (Å²) in [7, 11) is 0. The summed E-state index contributed by atoms with van der Waals surface area (Å²) in [5.41, 5.74) is -3.60. The predicted molar refractivity (Wildman–Crippen MR) is 104 cm³/mol. The van der Waals surface area contributed by atoms with Gasteiger partial charge in [0.1, 0.15) is 18.2 Å². The van der Waals surface area contributed by atoms with Crippen molar-refractivity contribution in [3.05, 3.63) is 65.1 Å². The van der Waals surface area contributed by atoms with Crippen molar-refractivity contribution in [3.63, 3.8) is 0 Å². The highest BCUT2D eigenvalue weighted by molar-refractivity contribution is 5.83. The Bertz CT molecular complexity index is 1060. The summed E-state index contributed by atoms with van der Waals surface area (Å²) in [4.78, 5) is 2.79. The zero-order valence-electron chi connectivity index (χ0n) is 16.4. The van der Waals surface area contributed by atoms with E-state index in [9.17, 15) is 32.2 Å². The third-order valence-corrected chi connectivity index (χ3v) is 5.38. The third kappa shape index (κ3) is 4.14. The van der Waals surface area contributed by atoms with E-state index < -0.39 is 48.3 Å². The van der Waals surface area contributed by atoms with Crippen LogP contribution in [0, 0.1) is 5.82 Å². The Morgan fingerprint density at radius 2 is 1.73 bits per heavy atom. The number of aromatic nitrogens is 1. The van der Waals surface area contributed by atoms with Gasteiger partial charge >= 0.3 is 6.18 Å². The molecule has 2 aromatic carbocycles. The third-order valence-electron chi connectivity index (χ3n) is 5.38. The molecule has 3 aromatic rings. The highest BCUT2D eigenvalue weighted by Crippen LogP contribution is 2.45. The number of benzene rings is 2. The van der Waals surface area contributed by atoms with Crippen LogP contribution in [0.2, 0.25) is 0 Å². The minimum Gasteiger partial charge on any atom is -0.508 e. The molecule has 0 saturated heterocycles. The molecule has 0 radical (unpaired) electrons. The van der Waals surface area contributed by atoms with Crippen LogP contribution >= 0.6 is 0 Å². The maximum Gasteiger partial charge on any atom is 0.417 e. The first kappa shape index (κ1) is 22.1. The van der Waals surface area contributed by atoms with Gasteiger partial charge in [0.15, 0.2) is 5.60 Å². The second-order valence-corrected chi connectivity index (χ2v) is 8.24. The van der Waals surface area contributed by atoms with E-state index in [0.29, 0.717) is 16.5 Å². The number of para-hydroxylation sites is 1. The van der Waals surface area contributed by atoms with Crippen LogP contribution in [0.25, 0.3) is 10.9 Å². The van der Waals surface area contributed by atoms with Crippen molar-refractivity contribution in [3.8, 4) is 5.75 Å². The van der Waals surface area contributed by atoms with E-state index in [1.165, 1.54) is 32.0 Å².